The average molecular weight is 847 g/mol. The number of hydrogen-bond donors (Lipinski definition) is 1. The molecule has 0 atom stereocenters. The maximum absolute atomic E-state index is 11.7. The van der Waals surface area contributed by atoms with Gasteiger partial charge in [0.25, 0.3) is 0 Å². The summed E-state index contributed by atoms with van der Waals surface area (Å²) in [4.78, 5) is 10.1. The zero-order chi connectivity index (χ0) is 35.2. The van der Waals surface area contributed by atoms with Crippen molar-refractivity contribution in [1.82, 2.24) is 14.5 Å². The minimum absolute atomic E-state index is 0. The van der Waals surface area contributed by atoms with Gasteiger partial charge in [-0.2, -0.15) is 5.26 Å². The van der Waals surface area contributed by atoms with Crippen molar-refractivity contribution >= 4 is 11.0 Å². The van der Waals surface area contributed by atoms with Gasteiger partial charge in [-0.25, -0.2) is 4.98 Å². The zero-order valence-corrected chi connectivity index (χ0v) is 31.9. The molecule has 256 valence electrons. The molecule has 5 aromatic carbocycles. The molecule has 0 bridgehead atoms. The van der Waals surface area contributed by atoms with Gasteiger partial charge >= 0.3 is 0 Å². The van der Waals surface area contributed by atoms with Crippen LogP contribution in [0, 0.1) is 17.4 Å². The van der Waals surface area contributed by atoms with Crippen molar-refractivity contribution in [3.05, 3.63) is 144 Å². The maximum atomic E-state index is 11.7. The van der Waals surface area contributed by atoms with Gasteiger partial charge in [-0.15, -0.1) is 29.3 Å². The van der Waals surface area contributed by atoms with Crippen LogP contribution in [0.15, 0.2) is 121 Å². The fourth-order valence-electron chi connectivity index (χ4n) is 6.50. The summed E-state index contributed by atoms with van der Waals surface area (Å²) in [7, 11) is 0. The van der Waals surface area contributed by atoms with Gasteiger partial charge in [-0.1, -0.05) is 132 Å². The number of hydrogen-bond acceptors (Lipinski definition) is 4. The molecule has 7 aromatic rings. The molecule has 0 amide bonds. The Morgan fingerprint density at radius 1 is 0.706 bits per heavy atom. The normalized spacial score (nSPS) is 11.6. The predicted octanol–water partition coefficient (Wildman–Crippen LogP) is 11.1. The number of aromatic hydroxyl groups is 1. The van der Waals surface area contributed by atoms with Crippen LogP contribution in [0.2, 0.25) is 0 Å². The van der Waals surface area contributed by atoms with E-state index < -0.39 is 0 Å². The molecule has 2 aromatic heterocycles. The fourth-order valence-corrected chi connectivity index (χ4v) is 6.50. The van der Waals surface area contributed by atoms with Crippen LogP contribution in [0.1, 0.15) is 58.2 Å². The Labute approximate surface area is 314 Å². The second kappa shape index (κ2) is 13.8. The van der Waals surface area contributed by atoms with Crippen molar-refractivity contribution in [2.75, 3.05) is 0 Å². The van der Waals surface area contributed by atoms with Crippen molar-refractivity contribution in [2.45, 2.75) is 52.4 Å². The molecule has 2 heterocycles. The molecule has 0 radical (unpaired) electrons. The summed E-state index contributed by atoms with van der Waals surface area (Å²) in [5.41, 5.74) is 10.6. The second-order valence-corrected chi connectivity index (χ2v) is 14.8. The Morgan fingerprint density at radius 3 is 2.02 bits per heavy atom. The topological polar surface area (TPSA) is 74.7 Å². The average Bonchev–Trinajstić information content (AvgIpc) is 3.50. The number of rotatable bonds is 5. The fraction of sp³-hybridized carbons (Fsp3) is 0.178. The molecule has 0 saturated carbocycles. The third-order valence-corrected chi connectivity index (χ3v) is 9.19. The van der Waals surface area contributed by atoms with E-state index in [1.807, 2.05) is 72.8 Å². The van der Waals surface area contributed by atoms with E-state index in [2.05, 4.69) is 101 Å². The molecule has 0 fully saturated rings. The quantitative estimate of drug-likeness (QED) is 0.175. The molecule has 5 nitrogen and oxygen atoms in total. The molecule has 1 N–H and O–H groups in total. The summed E-state index contributed by atoms with van der Waals surface area (Å²) in [6.07, 6.45) is 1.65. The zero-order valence-electron chi connectivity index (χ0n) is 29.6. The first-order valence-corrected chi connectivity index (χ1v) is 16.9. The molecule has 0 unspecified atom stereocenters. The van der Waals surface area contributed by atoms with Gasteiger partial charge in [-0.3, -0.25) is 9.55 Å². The minimum Gasteiger partial charge on any atom is -0.507 e. The van der Waals surface area contributed by atoms with E-state index >= 15 is 0 Å². The standard InChI is InChI=1S/C45H39N4O.Pt/c1-44(2,3)33-24-30(23-31(25-33)39-26-37(32(27-46)28-47-39)29-15-9-7-10-16-29)35-19-14-22-40-41(35)48-43(49(40)34-17-11-8-12-18-34)36-20-13-21-38(42(36)50)45(4,5)6;/h7-22,24-26,28,50H,1-6H3;/q-1;. The van der Waals surface area contributed by atoms with E-state index in [0.29, 0.717) is 17.0 Å². The molecule has 7 rings (SSSR count). The van der Waals surface area contributed by atoms with Crippen LogP contribution in [0.5, 0.6) is 5.75 Å². The largest absolute Gasteiger partial charge is 0.507 e. The summed E-state index contributed by atoms with van der Waals surface area (Å²) in [6, 6.07) is 44.6. The van der Waals surface area contributed by atoms with Crippen molar-refractivity contribution in [3.63, 3.8) is 0 Å². The van der Waals surface area contributed by atoms with Crippen LogP contribution < -0.4 is 0 Å². The molecule has 0 aliphatic rings. The molecule has 0 spiro atoms. The smallest absolute Gasteiger partial charge is 0.148 e. The van der Waals surface area contributed by atoms with Gasteiger partial charge in [0.1, 0.15) is 17.6 Å². The summed E-state index contributed by atoms with van der Waals surface area (Å²) < 4.78 is 2.13. The van der Waals surface area contributed by atoms with Gasteiger partial charge in [0.15, 0.2) is 0 Å². The van der Waals surface area contributed by atoms with E-state index in [0.717, 1.165) is 61.4 Å². The van der Waals surface area contributed by atoms with E-state index in [1.165, 1.54) is 0 Å². The monoisotopic (exact) mass is 846 g/mol. The summed E-state index contributed by atoms with van der Waals surface area (Å²) in [5.74, 6) is 0.898. The number of phenolic OH excluding ortho intramolecular Hbond substituents is 1. The number of imidazole rings is 1. The molecular formula is C45H39N4OPt-. The van der Waals surface area contributed by atoms with Gasteiger partial charge in [0.2, 0.25) is 0 Å². The maximum Gasteiger partial charge on any atom is 0.148 e. The Bertz CT molecular complexity index is 2410. The minimum atomic E-state index is -0.256. The molecule has 6 heteroatoms. The van der Waals surface area contributed by atoms with Crippen molar-refractivity contribution in [1.29, 1.82) is 5.26 Å². The Morgan fingerprint density at radius 2 is 1.35 bits per heavy atom. The van der Waals surface area contributed by atoms with Gasteiger partial charge in [0, 0.05) is 38.6 Å². The summed E-state index contributed by atoms with van der Waals surface area (Å²) in [6.45, 7) is 12.9. The summed E-state index contributed by atoms with van der Waals surface area (Å²) in [5, 5.41) is 21.6. The first-order chi connectivity index (χ1) is 23.9. The van der Waals surface area contributed by atoms with E-state index in [9.17, 15) is 10.4 Å². The molecule has 0 saturated heterocycles. The van der Waals surface area contributed by atoms with E-state index in [1.54, 1.807) is 6.20 Å². The first kappa shape index (κ1) is 35.5. The predicted molar refractivity (Wildman–Crippen MR) is 203 cm³/mol. The molecule has 0 aliphatic heterocycles. The van der Waals surface area contributed by atoms with Crippen LogP contribution in [0.3, 0.4) is 0 Å². The number of aromatic nitrogens is 3. The number of para-hydroxylation sites is 3. The van der Waals surface area contributed by atoms with Crippen LogP contribution in [-0.2, 0) is 31.9 Å². The van der Waals surface area contributed by atoms with Crippen molar-refractivity contribution in [2.24, 2.45) is 0 Å². The third-order valence-electron chi connectivity index (χ3n) is 9.19. The first-order valence-electron chi connectivity index (χ1n) is 16.9. The number of benzene rings is 5. The Kier molecular flexibility index (Phi) is 9.60. The molecule has 51 heavy (non-hydrogen) atoms. The van der Waals surface area contributed by atoms with Gasteiger partial charge in [0.05, 0.1) is 22.2 Å². The number of fused-ring (bicyclic) bond motifs is 1. The Hall–Kier alpha value is -5.30. The van der Waals surface area contributed by atoms with Gasteiger partial charge in [-0.05, 0) is 51.8 Å². The third kappa shape index (κ3) is 6.77. The van der Waals surface area contributed by atoms with Crippen LogP contribution in [-0.4, -0.2) is 19.6 Å². The number of phenols is 1. The SMILES string of the molecule is CC(C)(C)c1cc(-c2cc(-c3ccccc3)c(C#N)cn2)[c-]c(-c2cccc3c2nc(-c2cccc(C(C)(C)C)c2O)n3-c2ccccc2)c1.[Pt]. The summed E-state index contributed by atoms with van der Waals surface area (Å²) >= 11 is 0. The molecular weight excluding hydrogens is 808 g/mol. The number of pyridine rings is 1. The van der Waals surface area contributed by atoms with Crippen LogP contribution in [0.4, 0.5) is 0 Å². The Balaban J connectivity index is 0.00000448. The number of nitrogens with zero attached hydrogens (tertiary/aromatic N) is 4. The second-order valence-electron chi connectivity index (χ2n) is 14.8. The number of nitriles is 1. The van der Waals surface area contributed by atoms with Gasteiger partial charge < -0.3 is 5.11 Å². The molecule has 0 aliphatic carbocycles. The van der Waals surface area contributed by atoms with E-state index in [4.69, 9.17) is 9.97 Å². The van der Waals surface area contributed by atoms with Crippen molar-refractivity contribution < 1.29 is 26.2 Å². The van der Waals surface area contributed by atoms with Crippen molar-refractivity contribution in [3.8, 4) is 62.4 Å². The van der Waals surface area contributed by atoms with Crippen LogP contribution >= 0.6 is 0 Å². The van der Waals surface area contributed by atoms with E-state index in [-0.39, 0.29) is 37.6 Å². The van der Waals surface area contributed by atoms with Crippen LogP contribution in [0.25, 0.3) is 61.6 Å².